The van der Waals surface area contributed by atoms with Crippen LogP contribution in [0.15, 0.2) is 12.4 Å². The Bertz CT molecular complexity index is 242. The number of hydrogen-bond donors (Lipinski definition) is 1. The zero-order valence-corrected chi connectivity index (χ0v) is 5.32. The van der Waals surface area contributed by atoms with E-state index < -0.39 is 5.97 Å². The van der Waals surface area contributed by atoms with E-state index in [0.717, 1.165) is 0 Å². The number of nitrogens with zero attached hydrogens (tertiary/aromatic N) is 2. The lowest BCUT2D eigenvalue weighted by Gasteiger charge is -1.88. The van der Waals surface area contributed by atoms with Gasteiger partial charge in [-0.25, -0.2) is 4.79 Å². The standard InChI is InChI=1S/C6H7N2O2/c1-2-8-4-5(3-7-8)6(9)10/h3-4H,1-2H2,(H,9,10). The largest absolute Gasteiger partial charge is 0.478 e. The van der Waals surface area contributed by atoms with Crippen LogP contribution in [0.2, 0.25) is 0 Å². The van der Waals surface area contributed by atoms with E-state index >= 15 is 0 Å². The summed E-state index contributed by atoms with van der Waals surface area (Å²) in [6.07, 6.45) is 2.74. The summed E-state index contributed by atoms with van der Waals surface area (Å²) in [5, 5.41) is 12.1. The third-order valence-electron chi connectivity index (χ3n) is 1.11. The lowest BCUT2D eigenvalue weighted by atomic mass is 10.4. The maximum absolute atomic E-state index is 10.3. The molecule has 1 aromatic heterocycles. The Morgan fingerprint density at radius 1 is 1.90 bits per heavy atom. The number of carbonyl (C=O) groups is 1. The highest BCUT2D eigenvalue weighted by atomic mass is 16.4. The van der Waals surface area contributed by atoms with Crippen LogP contribution in [-0.4, -0.2) is 20.9 Å². The molecule has 4 heteroatoms. The summed E-state index contributed by atoms with van der Waals surface area (Å²) in [5.41, 5.74) is 0.198. The summed E-state index contributed by atoms with van der Waals surface area (Å²) >= 11 is 0. The van der Waals surface area contributed by atoms with Gasteiger partial charge in [-0.2, -0.15) is 5.10 Å². The van der Waals surface area contributed by atoms with Crippen molar-refractivity contribution in [1.29, 1.82) is 0 Å². The molecule has 53 valence electrons. The fourth-order valence-corrected chi connectivity index (χ4v) is 0.596. The SMILES string of the molecule is [CH2]Cn1cc(C(=O)O)cn1. The van der Waals surface area contributed by atoms with Crippen molar-refractivity contribution in [2.75, 3.05) is 0 Å². The molecule has 1 radical (unpaired) electrons. The first-order valence-electron chi connectivity index (χ1n) is 2.79. The number of carboxylic acids is 1. The minimum absolute atomic E-state index is 0.198. The predicted octanol–water partition coefficient (Wildman–Crippen LogP) is 0.415. The third kappa shape index (κ3) is 1.15. The van der Waals surface area contributed by atoms with Gasteiger partial charge in [0, 0.05) is 12.7 Å². The Morgan fingerprint density at radius 2 is 2.60 bits per heavy atom. The maximum atomic E-state index is 10.3. The smallest absolute Gasteiger partial charge is 0.338 e. The van der Waals surface area contributed by atoms with Gasteiger partial charge in [-0.05, 0) is 6.92 Å². The minimum Gasteiger partial charge on any atom is -0.478 e. The van der Waals surface area contributed by atoms with E-state index in [9.17, 15) is 4.79 Å². The molecule has 0 bridgehead atoms. The minimum atomic E-state index is -0.959. The van der Waals surface area contributed by atoms with Crippen LogP contribution in [0.4, 0.5) is 0 Å². The molecule has 0 aliphatic heterocycles. The molecule has 1 aromatic rings. The Balaban J connectivity index is 2.88. The molecule has 10 heavy (non-hydrogen) atoms. The highest BCUT2D eigenvalue weighted by Crippen LogP contribution is 1.95. The van der Waals surface area contributed by atoms with E-state index in [4.69, 9.17) is 5.11 Å². The first-order chi connectivity index (χ1) is 4.74. The fraction of sp³-hybridized carbons (Fsp3) is 0.167. The number of rotatable bonds is 2. The summed E-state index contributed by atoms with van der Waals surface area (Å²) < 4.78 is 1.46. The maximum Gasteiger partial charge on any atom is 0.338 e. The van der Waals surface area contributed by atoms with Gasteiger partial charge in [0.2, 0.25) is 0 Å². The van der Waals surface area contributed by atoms with E-state index in [2.05, 4.69) is 12.0 Å². The predicted molar refractivity (Wildman–Crippen MR) is 34.5 cm³/mol. The lowest BCUT2D eigenvalue weighted by molar-refractivity contribution is 0.0697. The van der Waals surface area contributed by atoms with Gasteiger partial charge < -0.3 is 5.11 Å². The highest BCUT2D eigenvalue weighted by Gasteiger charge is 2.03. The van der Waals surface area contributed by atoms with Crippen molar-refractivity contribution >= 4 is 5.97 Å². The van der Waals surface area contributed by atoms with Crippen molar-refractivity contribution in [3.05, 3.63) is 24.9 Å². The van der Waals surface area contributed by atoms with E-state index in [-0.39, 0.29) is 5.56 Å². The zero-order chi connectivity index (χ0) is 7.56. The van der Waals surface area contributed by atoms with Crippen molar-refractivity contribution in [2.45, 2.75) is 6.54 Å². The molecule has 0 fully saturated rings. The number of aromatic nitrogens is 2. The molecule has 4 nitrogen and oxygen atoms in total. The molecule has 0 unspecified atom stereocenters. The Labute approximate surface area is 58.1 Å². The molecule has 0 atom stereocenters. The van der Waals surface area contributed by atoms with Crippen LogP contribution in [0.1, 0.15) is 10.4 Å². The molecule has 0 aromatic carbocycles. The molecule has 1 N–H and O–H groups in total. The van der Waals surface area contributed by atoms with Crippen LogP contribution in [-0.2, 0) is 6.54 Å². The number of hydrogen-bond acceptors (Lipinski definition) is 2. The Kier molecular flexibility index (Phi) is 1.71. The number of aromatic carboxylic acids is 1. The van der Waals surface area contributed by atoms with Gasteiger partial charge in [-0.15, -0.1) is 0 Å². The van der Waals surface area contributed by atoms with Crippen LogP contribution in [0.5, 0.6) is 0 Å². The Hall–Kier alpha value is -1.32. The van der Waals surface area contributed by atoms with Gasteiger partial charge >= 0.3 is 5.97 Å². The van der Waals surface area contributed by atoms with Crippen molar-refractivity contribution in [3.8, 4) is 0 Å². The summed E-state index contributed by atoms with van der Waals surface area (Å²) in [4.78, 5) is 10.3. The van der Waals surface area contributed by atoms with Gasteiger partial charge in [0.25, 0.3) is 0 Å². The van der Waals surface area contributed by atoms with Crippen LogP contribution < -0.4 is 0 Å². The molecular formula is C6H7N2O2. The second-order valence-corrected chi connectivity index (χ2v) is 1.80. The molecule has 0 saturated heterocycles. The van der Waals surface area contributed by atoms with E-state index in [1.807, 2.05) is 0 Å². The van der Waals surface area contributed by atoms with Gasteiger partial charge in [0.1, 0.15) is 0 Å². The molecule has 1 heterocycles. The summed E-state index contributed by atoms with van der Waals surface area (Å²) in [7, 11) is 0. The summed E-state index contributed by atoms with van der Waals surface area (Å²) in [5.74, 6) is -0.959. The molecule has 0 saturated carbocycles. The Morgan fingerprint density at radius 3 is 2.90 bits per heavy atom. The second kappa shape index (κ2) is 2.51. The summed E-state index contributed by atoms with van der Waals surface area (Å²) in [6, 6.07) is 0. The normalized spacial score (nSPS) is 9.70. The average Bonchev–Trinajstić information content (AvgIpc) is 2.34. The monoisotopic (exact) mass is 139 g/mol. The molecule has 0 aliphatic carbocycles. The number of carboxylic acid groups (broad SMARTS) is 1. The van der Waals surface area contributed by atoms with Crippen molar-refractivity contribution < 1.29 is 9.90 Å². The molecule has 0 spiro atoms. The highest BCUT2D eigenvalue weighted by molar-refractivity contribution is 5.86. The first kappa shape index (κ1) is 6.80. The fourth-order valence-electron chi connectivity index (χ4n) is 0.596. The average molecular weight is 139 g/mol. The molecule has 1 rings (SSSR count). The van der Waals surface area contributed by atoms with Gasteiger partial charge in [-0.3, -0.25) is 4.68 Å². The van der Waals surface area contributed by atoms with Gasteiger partial charge in [0.05, 0.1) is 11.8 Å². The lowest BCUT2D eigenvalue weighted by Crippen LogP contribution is -1.95. The van der Waals surface area contributed by atoms with Crippen LogP contribution in [0.3, 0.4) is 0 Å². The summed E-state index contributed by atoms with van der Waals surface area (Å²) in [6.45, 7) is 3.99. The van der Waals surface area contributed by atoms with Gasteiger partial charge in [-0.1, -0.05) is 0 Å². The molecular weight excluding hydrogens is 132 g/mol. The van der Waals surface area contributed by atoms with Crippen molar-refractivity contribution in [3.63, 3.8) is 0 Å². The zero-order valence-electron chi connectivity index (χ0n) is 5.32. The molecule has 0 aliphatic rings. The molecule has 0 amide bonds. The van der Waals surface area contributed by atoms with E-state index in [1.54, 1.807) is 0 Å². The first-order valence-corrected chi connectivity index (χ1v) is 2.79. The van der Waals surface area contributed by atoms with Crippen LogP contribution in [0, 0.1) is 6.92 Å². The van der Waals surface area contributed by atoms with Crippen LogP contribution in [0.25, 0.3) is 0 Å². The van der Waals surface area contributed by atoms with Crippen molar-refractivity contribution in [1.82, 2.24) is 9.78 Å². The third-order valence-corrected chi connectivity index (χ3v) is 1.11. The van der Waals surface area contributed by atoms with Gasteiger partial charge in [0.15, 0.2) is 0 Å². The van der Waals surface area contributed by atoms with Crippen molar-refractivity contribution in [2.24, 2.45) is 0 Å². The van der Waals surface area contributed by atoms with E-state index in [0.29, 0.717) is 6.54 Å². The quantitative estimate of drug-likeness (QED) is 0.645. The van der Waals surface area contributed by atoms with Crippen LogP contribution >= 0.6 is 0 Å². The second-order valence-electron chi connectivity index (χ2n) is 1.80. The van der Waals surface area contributed by atoms with E-state index in [1.165, 1.54) is 17.1 Å². The topological polar surface area (TPSA) is 55.1 Å².